The predicted molar refractivity (Wildman–Crippen MR) is 73.1 cm³/mol. The molecule has 1 aliphatic heterocycles. The van der Waals surface area contributed by atoms with Crippen LogP contribution >= 0.6 is 12.4 Å². The third-order valence-electron chi connectivity index (χ3n) is 2.99. The lowest BCUT2D eigenvalue weighted by molar-refractivity contribution is -0.0167. The summed E-state index contributed by atoms with van der Waals surface area (Å²) in [5.74, 6) is 0.0618. The predicted octanol–water partition coefficient (Wildman–Crippen LogP) is 1.22. The maximum atomic E-state index is 12.2. The summed E-state index contributed by atoms with van der Waals surface area (Å²) in [6.45, 7) is 4.26. The van der Waals surface area contributed by atoms with Gasteiger partial charge in [-0.2, -0.15) is 0 Å². The molecule has 1 atom stereocenters. The Balaban J connectivity index is 0.00000162. The van der Waals surface area contributed by atoms with Gasteiger partial charge in [-0.1, -0.05) is 17.7 Å². The van der Waals surface area contributed by atoms with Gasteiger partial charge in [0, 0.05) is 25.2 Å². The highest BCUT2D eigenvalue weighted by Gasteiger charge is 2.23. The fourth-order valence-electron chi connectivity index (χ4n) is 1.93. The summed E-state index contributed by atoms with van der Waals surface area (Å²) in [6.07, 6.45) is -0.0295. The molecule has 0 radical (unpaired) electrons. The highest BCUT2D eigenvalue weighted by molar-refractivity contribution is 5.94. The van der Waals surface area contributed by atoms with Crippen molar-refractivity contribution in [3.63, 3.8) is 0 Å². The van der Waals surface area contributed by atoms with Gasteiger partial charge in [-0.25, -0.2) is 0 Å². The number of nitrogens with zero attached hydrogens (tertiary/aromatic N) is 1. The van der Waals surface area contributed by atoms with Crippen LogP contribution in [-0.2, 0) is 4.74 Å². The van der Waals surface area contributed by atoms with Gasteiger partial charge in [-0.05, 0) is 19.1 Å². The van der Waals surface area contributed by atoms with Gasteiger partial charge in [0.25, 0.3) is 5.91 Å². The van der Waals surface area contributed by atoms with Crippen LogP contribution < -0.4 is 5.73 Å². The Labute approximate surface area is 114 Å². The molecule has 5 heteroatoms. The van der Waals surface area contributed by atoms with Crippen LogP contribution in [0.3, 0.4) is 0 Å². The van der Waals surface area contributed by atoms with Crippen LogP contribution in [0.1, 0.15) is 15.9 Å². The van der Waals surface area contributed by atoms with E-state index in [1.165, 1.54) is 0 Å². The largest absolute Gasteiger partial charge is 0.373 e. The summed E-state index contributed by atoms with van der Waals surface area (Å²) >= 11 is 0. The first kappa shape index (κ1) is 15.0. The molecule has 2 rings (SSSR count). The van der Waals surface area contributed by atoms with Gasteiger partial charge in [0.15, 0.2) is 0 Å². The highest BCUT2D eigenvalue weighted by Crippen LogP contribution is 2.11. The molecule has 1 aliphatic rings. The van der Waals surface area contributed by atoms with E-state index in [9.17, 15) is 4.79 Å². The van der Waals surface area contributed by atoms with Crippen molar-refractivity contribution in [2.24, 2.45) is 5.73 Å². The Morgan fingerprint density at radius 2 is 2.11 bits per heavy atom. The first-order valence-electron chi connectivity index (χ1n) is 5.88. The van der Waals surface area contributed by atoms with Crippen molar-refractivity contribution in [3.05, 3.63) is 35.4 Å². The Hall–Kier alpha value is -1.10. The maximum absolute atomic E-state index is 12.2. The van der Waals surface area contributed by atoms with E-state index in [1.807, 2.05) is 36.1 Å². The van der Waals surface area contributed by atoms with Crippen LogP contribution in [0.5, 0.6) is 0 Å². The Morgan fingerprint density at radius 1 is 1.44 bits per heavy atom. The van der Waals surface area contributed by atoms with Crippen molar-refractivity contribution >= 4 is 18.3 Å². The van der Waals surface area contributed by atoms with Crippen LogP contribution in [0.15, 0.2) is 24.3 Å². The summed E-state index contributed by atoms with van der Waals surface area (Å²) in [5.41, 5.74) is 7.45. The quantitative estimate of drug-likeness (QED) is 0.879. The molecule has 1 unspecified atom stereocenters. The van der Waals surface area contributed by atoms with Crippen molar-refractivity contribution in [2.45, 2.75) is 13.0 Å². The zero-order chi connectivity index (χ0) is 12.3. The lowest BCUT2D eigenvalue weighted by Gasteiger charge is -2.32. The molecular weight excluding hydrogens is 252 g/mol. The van der Waals surface area contributed by atoms with Crippen molar-refractivity contribution in [1.82, 2.24) is 4.90 Å². The third-order valence-corrected chi connectivity index (χ3v) is 2.99. The molecule has 1 fully saturated rings. The first-order chi connectivity index (χ1) is 8.20. The minimum atomic E-state index is -0.0295. The van der Waals surface area contributed by atoms with Crippen LogP contribution in [0.2, 0.25) is 0 Å². The van der Waals surface area contributed by atoms with E-state index in [0.717, 1.165) is 11.1 Å². The smallest absolute Gasteiger partial charge is 0.254 e. The lowest BCUT2D eigenvalue weighted by atomic mass is 10.1. The second-order valence-corrected chi connectivity index (χ2v) is 4.35. The fraction of sp³-hybridized carbons (Fsp3) is 0.462. The van der Waals surface area contributed by atoms with Crippen molar-refractivity contribution in [1.29, 1.82) is 0 Å². The van der Waals surface area contributed by atoms with Crippen LogP contribution in [0, 0.1) is 6.92 Å². The Bertz CT molecular complexity index is 394. The van der Waals surface area contributed by atoms with E-state index in [-0.39, 0.29) is 24.4 Å². The number of hydrogen-bond acceptors (Lipinski definition) is 3. The standard InChI is InChI=1S/C13H18N2O2.ClH/c1-10-2-4-11(5-3-10)13(16)15-6-7-17-12(8-14)9-15;/h2-5,12H,6-9,14H2,1H3;1H. The minimum Gasteiger partial charge on any atom is -0.373 e. The van der Waals surface area contributed by atoms with Gasteiger partial charge in [-0.3, -0.25) is 4.79 Å². The number of hydrogen-bond donors (Lipinski definition) is 1. The van der Waals surface area contributed by atoms with E-state index >= 15 is 0 Å². The minimum absolute atomic E-state index is 0. The topological polar surface area (TPSA) is 55.6 Å². The fourth-order valence-corrected chi connectivity index (χ4v) is 1.93. The average molecular weight is 271 g/mol. The molecule has 100 valence electrons. The van der Waals surface area contributed by atoms with Crippen molar-refractivity contribution < 1.29 is 9.53 Å². The molecule has 1 heterocycles. The molecule has 1 amide bonds. The number of carbonyl (C=O) groups excluding carboxylic acids is 1. The van der Waals surface area contributed by atoms with E-state index in [0.29, 0.717) is 26.2 Å². The molecule has 0 aromatic heterocycles. The Morgan fingerprint density at radius 3 is 2.72 bits per heavy atom. The summed E-state index contributed by atoms with van der Waals surface area (Å²) in [5, 5.41) is 0. The number of carbonyl (C=O) groups is 1. The zero-order valence-corrected chi connectivity index (χ0v) is 11.3. The highest BCUT2D eigenvalue weighted by atomic mass is 35.5. The second-order valence-electron chi connectivity index (χ2n) is 4.35. The van der Waals surface area contributed by atoms with E-state index in [2.05, 4.69) is 0 Å². The van der Waals surface area contributed by atoms with Crippen LogP contribution in [0.4, 0.5) is 0 Å². The van der Waals surface area contributed by atoms with E-state index in [1.54, 1.807) is 0 Å². The van der Waals surface area contributed by atoms with Gasteiger partial charge in [-0.15, -0.1) is 12.4 Å². The SMILES string of the molecule is Cc1ccc(C(=O)N2CCOC(CN)C2)cc1.Cl. The summed E-state index contributed by atoms with van der Waals surface area (Å²) in [7, 11) is 0. The molecular formula is C13H19ClN2O2. The van der Waals surface area contributed by atoms with Gasteiger partial charge >= 0.3 is 0 Å². The Kier molecular flexibility index (Phi) is 5.59. The molecule has 4 nitrogen and oxygen atoms in total. The zero-order valence-electron chi connectivity index (χ0n) is 10.5. The summed E-state index contributed by atoms with van der Waals surface area (Å²) in [4.78, 5) is 14.0. The lowest BCUT2D eigenvalue weighted by Crippen LogP contribution is -2.48. The molecule has 2 N–H and O–H groups in total. The molecule has 0 spiro atoms. The van der Waals surface area contributed by atoms with Crippen molar-refractivity contribution in [2.75, 3.05) is 26.2 Å². The van der Waals surface area contributed by atoms with Crippen molar-refractivity contribution in [3.8, 4) is 0 Å². The number of ether oxygens (including phenoxy) is 1. The van der Waals surface area contributed by atoms with E-state index < -0.39 is 0 Å². The van der Waals surface area contributed by atoms with Gasteiger partial charge in [0.2, 0.25) is 0 Å². The average Bonchev–Trinajstić information content (AvgIpc) is 2.39. The van der Waals surface area contributed by atoms with Gasteiger partial charge < -0.3 is 15.4 Å². The molecule has 18 heavy (non-hydrogen) atoms. The normalized spacial score (nSPS) is 19.2. The first-order valence-corrected chi connectivity index (χ1v) is 5.88. The molecule has 1 saturated heterocycles. The monoisotopic (exact) mass is 270 g/mol. The number of nitrogens with two attached hydrogens (primary N) is 1. The maximum Gasteiger partial charge on any atom is 0.254 e. The number of rotatable bonds is 2. The van der Waals surface area contributed by atoms with Crippen LogP contribution in [-0.4, -0.2) is 43.2 Å². The molecule has 1 aromatic carbocycles. The number of amides is 1. The van der Waals surface area contributed by atoms with Crippen LogP contribution in [0.25, 0.3) is 0 Å². The number of morpholine rings is 1. The molecule has 0 bridgehead atoms. The number of benzene rings is 1. The summed E-state index contributed by atoms with van der Waals surface area (Å²) in [6, 6.07) is 7.64. The van der Waals surface area contributed by atoms with E-state index in [4.69, 9.17) is 10.5 Å². The summed E-state index contributed by atoms with van der Waals surface area (Å²) < 4.78 is 5.44. The molecule has 0 aliphatic carbocycles. The number of halogens is 1. The molecule has 1 aromatic rings. The number of aryl methyl sites for hydroxylation is 1. The van der Waals surface area contributed by atoms with Gasteiger partial charge in [0.1, 0.15) is 0 Å². The third kappa shape index (κ3) is 3.45. The molecule has 0 saturated carbocycles. The second kappa shape index (κ2) is 6.73. The van der Waals surface area contributed by atoms with Gasteiger partial charge in [0.05, 0.1) is 12.7 Å².